The van der Waals surface area contributed by atoms with E-state index >= 15 is 0 Å². The van der Waals surface area contributed by atoms with Gasteiger partial charge in [-0.1, -0.05) is 29.8 Å². The molecule has 2 aromatic rings. The van der Waals surface area contributed by atoms with Gasteiger partial charge >= 0.3 is 6.18 Å². The highest BCUT2D eigenvalue weighted by molar-refractivity contribution is 6.31. The molecule has 1 saturated carbocycles. The summed E-state index contributed by atoms with van der Waals surface area (Å²) in [5.41, 5.74) is -0.275. The lowest BCUT2D eigenvalue weighted by atomic mass is 9.81. The molecule has 31 heavy (non-hydrogen) atoms. The minimum Gasteiger partial charge on any atom is -0.367 e. The predicted molar refractivity (Wildman–Crippen MR) is 100 cm³/mol. The number of allylic oxidation sites excluding steroid dienone is 2. The Kier molecular flexibility index (Phi) is 5.63. The molecule has 2 aliphatic rings. The molecule has 0 bridgehead atoms. The summed E-state index contributed by atoms with van der Waals surface area (Å²) in [4.78, 5) is 10.7. The van der Waals surface area contributed by atoms with Gasteiger partial charge in [-0.15, -0.1) is 0 Å². The summed E-state index contributed by atoms with van der Waals surface area (Å²) < 4.78 is 83.3. The van der Waals surface area contributed by atoms with E-state index in [-0.39, 0.29) is 36.2 Å². The number of alkyl halides is 5. The Hall–Kier alpha value is -2.33. The molecule has 0 aliphatic heterocycles. The lowest BCUT2D eigenvalue weighted by Crippen LogP contribution is -2.34. The third kappa shape index (κ3) is 4.79. The van der Waals surface area contributed by atoms with Gasteiger partial charge in [-0.3, -0.25) is 4.98 Å². The first-order chi connectivity index (χ1) is 14.5. The normalized spacial score (nSPS) is 21.1. The number of H-pyrrole nitrogens is 1. The Bertz CT molecular complexity index is 1040. The van der Waals surface area contributed by atoms with Crippen LogP contribution in [0.15, 0.2) is 30.5 Å². The van der Waals surface area contributed by atoms with Crippen LogP contribution in [0.4, 0.5) is 26.3 Å². The van der Waals surface area contributed by atoms with Crippen molar-refractivity contribution in [1.82, 2.24) is 15.0 Å². The van der Waals surface area contributed by atoms with E-state index in [4.69, 9.17) is 16.3 Å². The lowest BCUT2D eigenvalue weighted by molar-refractivity contribution is -0.138. The van der Waals surface area contributed by atoms with Crippen LogP contribution < -0.4 is 0 Å². The standard InChI is InChI=1S/C20H16ClF6N3O/c21-17-16(29-18(30-17)11-6-19(23,24)7-11)10-1-3-13(4-2-10)31-9-15-14(22)5-12(8-28-15)20(25,26)27/h1-3,5,8,11,13H,4,6-7,9H2,(H,29,30). The van der Waals surface area contributed by atoms with Crippen molar-refractivity contribution in [3.05, 3.63) is 64.2 Å². The van der Waals surface area contributed by atoms with Crippen molar-refractivity contribution < 1.29 is 31.1 Å². The van der Waals surface area contributed by atoms with Gasteiger partial charge in [-0.2, -0.15) is 13.2 Å². The maximum absolute atomic E-state index is 13.9. The molecule has 1 N–H and O–H groups in total. The highest BCUT2D eigenvalue weighted by atomic mass is 35.5. The number of imidazole rings is 1. The molecule has 1 unspecified atom stereocenters. The van der Waals surface area contributed by atoms with Crippen molar-refractivity contribution in [1.29, 1.82) is 0 Å². The van der Waals surface area contributed by atoms with Gasteiger partial charge in [-0.25, -0.2) is 18.2 Å². The van der Waals surface area contributed by atoms with Crippen molar-refractivity contribution in [3.8, 4) is 0 Å². The third-order valence-electron chi connectivity index (χ3n) is 5.17. The fourth-order valence-electron chi connectivity index (χ4n) is 3.42. The first-order valence-corrected chi connectivity index (χ1v) is 9.75. The smallest absolute Gasteiger partial charge is 0.367 e. The maximum Gasteiger partial charge on any atom is 0.417 e. The van der Waals surface area contributed by atoms with E-state index in [1.54, 1.807) is 18.2 Å². The van der Waals surface area contributed by atoms with Crippen LogP contribution in [-0.2, 0) is 17.5 Å². The Morgan fingerprint density at radius 3 is 2.58 bits per heavy atom. The molecule has 1 atom stereocenters. The first-order valence-electron chi connectivity index (χ1n) is 9.37. The number of aromatic nitrogens is 3. The van der Waals surface area contributed by atoms with E-state index in [9.17, 15) is 26.3 Å². The summed E-state index contributed by atoms with van der Waals surface area (Å²) in [6, 6.07) is 0.384. The van der Waals surface area contributed by atoms with E-state index in [0.717, 1.165) is 0 Å². The zero-order chi connectivity index (χ0) is 22.4. The van der Waals surface area contributed by atoms with Crippen LogP contribution in [0.25, 0.3) is 5.57 Å². The number of halogens is 7. The monoisotopic (exact) mass is 463 g/mol. The van der Waals surface area contributed by atoms with Crippen molar-refractivity contribution in [2.45, 2.75) is 50.0 Å². The lowest BCUT2D eigenvalue weighted by Gasteiger charge is -2.33. The SMILES string of the molecule is Fc1cc(C(F)(F)F)cnc1COC1C=CC(c2nc(C3CC(F)(F)C3)[nH]c2Cl)=CC1. The van der Waals surface area contributed by atoms with Crippen molar-refractivity contribution in [2.75, 3.05) is 0 Å². The van der Waals surface area contributed by atoms with Gasteiger partial charge in [-0.05, 0) is 18.1 Å². The van der Waals surface area contributed by atoms with Crippen LogP contribution in [0.3, 0.4) is 0 Å². The number of pyridine rings is 1. The van der Waals surface area contributed by atoms with Crippen LogP contribution in [0.2, 0.25) is 5.15 Å². The third-order valence-corrected chi connectivity index (χ3v) is 5.44. The highest BCUT2D eigenvalue weighted by Gasteiger charge is 2.47. The van der Waals surface area contributed by atoms with Gasteiger partial charge in [0, 0.05) is 25.0 Å². The molecule has 166 valence electrons. The largest absolute Gasteiger partial charge is 0.417 e. The van der Waals surface area contributed by atoms with Gasteiger partial charge in [0.25, 0.3) is 0 Å². The Morgan fingerprint density at radius 2 is 2.00 bits per heavy atom. The first kappa shape index (κ1) is 21.9. The number of ether oxygens (including phenoxy) is 1. The van der Waals surface area contributed by atoms with E-state index in [0.29, 0.717) is 35.8 Å². The van der Waals surface area contributed by atoms with Crippen LogP contribution in [0.1, 0.15) is 48.0 Å². The molecule has 0 saturated heterocycles. The molecule has 0 amide bonds. The minimum atomic E-state index is -4.67. The van der Waals surface area contributed by atoms with Crippen LogP contribution in [0.5, 0.6) is 0 Å². The average Bonchev–Trinajstić information content (AvgIpc) is 3.06. The van der Waals surface area contributed by atoms with Gasteiger partial charge in [0.1, 0.15) is 28.2 Å². The van der Waals surface area contributed by atoms with E-state index in [2.05, 4.69) is 15.0 Å². The molecule has 2 aliphatic carbocycles. The number of hydrogen-bond donors (Lipinski definition) is 1. The van der Waals surface area contributed by atoms with Gasteiger partial charge in [0.15, 0.2) is 0 Å². The second-order valence-electron chi connectivity index (χ2n) is 7.50. The van der Waals surface area contributed by atoms with Crippen LogP contribution >= 0.6 is 11.6 Å². The predicted octanol–water partition coefficient (Wildman–Crippen LogP) is 6.06. The van der Waals surface area contributed by atoms with Gasteiger partial charge in [0.2, 0.25) is 5.92 Å². The van der Waals surface area contributed by atoms with Crippen LogP contribution in [0, 0.1) is 5.82 Å². The van der Waals surface area contributed by atoms with E-state index in [1.165, 1.54) is 0 Å². The van der Waals surface area contributed by atoms with Crippen molar-refractivity contribution >= 4 is 17.2 Å². The van der Waals surface area contributed by atoms with E-state index in [1.807, 2.05) is 0 Å². The van der Waals surface area contributed by atoms with Gasteiger partial charge < -0.3 is 9.72 Å². The number of rotatable bonds is 5. The number of aromatic amines is 1. The summed E-state index contributed by atoms with van der Waals surface area (Å²) in [6.07, 6.45) is 0.432. The molecule has 0 aromatic carbocycles. The molecule has 2 heterocycles. The topological polar surface area (TPSA) is 50.8 Å². The number of hydrogen-bond acceptors (Lipinski definition) is 3. The fourth-order valence-corrected chi connectivity index (χ4v) is 3.67. The van der Waals surface area contributed by atoms with E-state index < -0.39 is 29.6 Å². The summed E-state index contributed by atoms with van der Waals surface area (Å²) in [7, 11) is 0. The molecule has 11 heteroatoms. The Morgan fingerprint density at radius 1 is 1.26 bits per heavy atom. The highest BCUT2D eigenvalue weighted by Crippen LogP contribution is 2.48. The van der Waals surface area contributed by atoms with Crippen LogP contribution in [-0.4, -0.2) is 27.0 Å². The number of nitrogens with zero attached hydrogens (tertiary/aromatic N) is 2. The molecule has 0 spiro atoms. The zero-order valence-electron chi connectivity index (χ0n) is 15.8. The zero-order valence-corrected chi connectivity index (χ0v) is 16.6. The second kappa shape index (κ2) is 7.98. The van der Waals surface area contributed by atoms with Gasteiger partial charge in [0.05, 0.1) is 18.3 Å². The average molecular weight is 464 g/mol. The molecule has 2 aromatic heterocycles. The summed E-state index contributed by atoms with van der Waals surface area (Å²) in [6.45, 7) is -0.300. The summed E-state index contributed by atoms with van der Waals surface area (Å²) in [5, 5.41) is 0.247. The maximum atomic E-state index is 13.9. The minimum absolute atomic E-state index is 0.228. The second-order valence-corrected chi connectivity index (χ2v) is 7.88. The number of nitrogens with one attached hydrogen (secondary N) is 1. The molecule has 0 radical (unpaired) electrons. The molecule has 4 rings (SSSR count). The van der Waals surface area contributed by atoms with Crippen molar-refractivity contribution in [2.24, 2.45) is 0 Å². The molecule has 1 fully saturated rings. The molecular formula is C20H16ClF6N3O. The summed E-state index contributed by atoms with van der Waals surface area (Å²) >= 11 is 6.17. The molecular weight excluding hydrogens is 448 g/mol. The fraction of sp³-hybridized carbons (Fsp3) is 0.400. The van der Waals surface area contributed by atoms with Crippen molar-refractivity contribution in [3.63, 3.8) is 0 Å². The molecule has 4 nitrogen and oxygen atoms in total. The Balaban J connectivity index is 1.35. The summed E-state index contributed by atoms with van der Waals surface area (Å²) in [5.74, 6) is -3.71. The Labute approximate surface area is 178 Å². The quantitative estimate of drug-likeness (QED) is 0.549.